The summed E-state index contributed by atoms with van der Waals surface area (Å²) < 4.78 is 30.2. The van der Waals surface area contributed by atoms with Gasteiger partial charge in [0.1, 0.15) is 53.6 Å². The molecule has 63 heavy (non-hydrogen) atoms. The van der Waals surface area contributed by atoms with Crippen molar-refractivity contribution in [2.75, 3.05) is 31.7 Å². The smallest absolute Gasteiger partial charge is 0.408 e. The number of carbonyl (C=O) groups is 4. The second-order valence-corrected chi connectivity index (χ2v) is 19.9. The van der Waals surface area contributed by atoms with Crippen LogP contribution in [0.15, 0.2) is 42.3 Å². The van der Waals surface area contributed by atoms with Crippen LogP contribution in [-0.2, 0) is 28.6 Å². The molecule has 3 aliphatic carbocycles. The highest BCUT2D eigenvalue weighted by Gasteiger charge is 2.61. The fraction of sp³-hybridized carbons (Fsp3) is 0.609. The molecular formula is C46H60N6O10S. The Hall–Kier alpha value is -5.00. The maximum atomic E-state index is 14.8. The lowest BCUT2D eigenvalue weighted by atomic mass is 9.85. The average molecular weight is 889 g/mol. The third-order valence-electron chi connectivity index (χ3n) is 12.7. The molecule has 2 aliphatic heterocycles. The van der Waals surface area contributed by atoms with Gasteiger partial charge in [-0.1, -0.05) is 26.8 Å². The number of benzene rings is 1. The summed E-state index contributed by atoms with van der Waals surface area (Å²) in [4.78, 5) is 66.0. The van der Waals surface area contributed by atoms with Crippen molar-refractivity contribution in [3.8, 4) is 22.9 Å². The van der Waals surface area contributed by atoms with Crippen molar-refractivity contribution in [3.63, 3.8) is 0 Å². The third-order valence-corrected chi connectivity index (χ3v) is 13.5. The summed E-state index contributed by atoms with van der Waals surface area (Å²) >= 11 is 1.46. The molecule has 340 valence electrons. The van der Waals surface area contributed by atoms with Crippen molar-refractivity contribution >= 4 is 51.2 Å². The number of thiazole rings is 1. The first-order valence-electron chi connectivity index (χ1n) is 22.3. The van der Waals surface area contributed by atoms with Gasteiger partial charge in [0, 0.05) is 47.9 Å². The van der Waals surface area contributed by atoms with Crippen molar-refractivity contribution in [2.45, 2.75) is 128 Å². The van der Waals surface area contributed by atoms with E-state index in [0.717, 1.165) is 37.2 Å². The number of nitrogens with one attached hydrogen (secondary N) is 3. The summed E-state index contributed by atoms with van der Waals surface area (Å²) in [5, 5.41) is 22.4. The van der Waals surface area contributed by atoms with Crippen LogP contribution >= 0.6 is 11.3 Å². The predicted molar refractivity (Wildman–Crippen MR) is 235 cm³/mol. The summed E-state index contributed by atoms with van der Waals surface area (Å²) in [7, 11) is 0. The zero-order chi connectivity index (χ0) is 44.6. The Morgan fingerprint density at radius 2 is 1.84 bits per heavy atom. The van der Waals surface area contributed by atoms with Crippen LogP contribution in [0.4, 0.5) is 9.93 Å². The predicted octanol–water partition coefficient (Wildman–Crippen LogP) is 6.53. The lowest BCUT2D eigenvalue weighted by Crippen LogP contribution is -2.59. The highest BCUT2D eigenvalue weighted by Crippen LogP contribution is 2.52. The van der Waals surface area contributed by atoms with Crippen molar-refractivity contribution < 1.29 is 48.0 Å². The number of fused-ring (bicyclic) bond motifs is 2. The Balaban J connectivity index is 1.06. The first-order chi connectivity index (χ1) is 30.1. The van der Waals surface area contributed by atoms with E-state index in [2.05, 4.69) is 22.5 Å². The van der Waals surface area contributed by atoms with Crippen LogP contribution in [-0.4, -0.2) is 112 Å². The summed E-state index contributed by atoms with van der Waals surface area (Å²) in [6.45, 7) is 14.7. The van der Waals surface area contributed by atoms with Crippen molar-refractivity contribution in [2.24, 2.45) is 23.2 Å². The molecule has 0 spiro atoms. The highest BCUT2D eigenvalue weighted by molar-refractivity contribution is 7.14. The number of aliphatic carboxylic acids is 1. The van der Waals surface area contributed by atoms with E-state index in [-0.39, 0.29) is 37.8 Å². The summed E-state index contributed by atoms with van der Waals surface area (Å²) in [5.74, 6) is -0.552. The van der Waals surface area contributed by atoms with E-state index in [0.29, 0.717) is 65.4 Å². The van der Waals surface area contributed by atoms with Crippen LogP contribution < -0.4 is 25.4 Å². The number of pyridine rings is 1. The Morgan fingerprint density at radius 3 is 2.52 bits per heavy atom. The fourth-order valence-corrected chi connectivity index (χ4v) is 9.98. The molecular weight excluding hydrogens is 829 g/mol. The molecule has 5 fully saturated rings. The molecule has 16 nitrogen and oxygen atoms in total. The zero-order valence-electron chi connectivity index (χ0n) is 36.7. The Kier molecular flexibility index (Phi) is 12.9. The number of aromatic nitrogens is 2. The SMILES string of the molecule is C=C[C@@H]1C[C@]1(NC(=O)[C@@H]1C[C@@H](Oc2cc(-c3csc(NC(C)C)n3)nc3cc(OCCOC4CCCCO4)ccc23)CN1C(=O)C(NC(=O)O[C@@H]1C[C@@H]2C[C@@H]2C1)C(C)(C)C)C(=O)O. The van der Waals surface area contributed by atoms with Gasteiger partial charge in [0.05, 0.1) is 24.4 Å². The number of hydrogen-bond acceptors (Lipinski definition) is 13. The number of ether oxygens (including phenoxy) is 5. The van der Waals surface area contributed by atoms with Gasteiger partial charge in [-0.2, -0.15) is 0 Å². The van der Waals surface area contributed by atoms with Gasteiger partial charge >= 0.3 is 12.1 Å². The van der Waals surface area contributed by atoms with Crippen LogP contribution in [0.2, 0.25) is 0 Å². The Bertz CT molecular complexity index is 2190. The molecule has 2 aromatic heterocycles. The first-order valence-corrected chi connectivity index (χ1v) is 23.1. The molecule has 0 bridgehead atoms. The van der Waals surface area contributed by atoms with Crippen LogP contribution in [0, 0.1) is 23.2 Å². The molecule has 0 radical (unpaired) electrons. The molecule has 3 aromatic rings. The van der Waals surface area contributed by atoms with Gasteiger partial charge in [-0.25, -0.2) is 19.6 Å². The van der Waals surface area contributed by atoms with Crippen LogP contribution in [0.25, 0.3) is 22.3 Å². The van der Waals surface area contributed by atoms with E-state index in [1.807, 2.05) is 58.2 Å². The lowest BCUT2D eigenvalue weighted by molar-refractivity contribution is -0.165. The lowest BCUT2D eigenvalue weighted by Gasteiger charge is -2.35. The average Bonchev–Trinajstić information content (AvgIpc) is 3.91. The maximum absolute atomic E-state index is 14.8. The van der Waals surface area contributed by atoms with E-state index in [9.17, 15) is 24.3 Å². The first kappa shape index (κ1) is 44.6. The maximum Gasteiger partial charge on any atom is 0.408 e. The van der Waals surface area contributed by atoms with Crippen LogP contribution in [0.3, 0.4) is 0 Å². The topological polar surface area (TPSA) is 200 Å². The summed E-state index contributed by atoms with van der Waals surface area (Å²) in [6.07, 6.45) is 5.69. The van der Waals surface area contributed by atoms with Gasteiger partial charge in [-0.15, -0.1) is 17.9 Å². The highest BCUT2D eigenvalue weighted by atomic mass is 32.1. The van der Waals surface area contributed by atoms with Crippen LogP contribution in [0.5, 0.6) is 11.5 Å². The Labute approximate surface area is 371 Å². The number of carboxylic acids is 1. The van der Waals surface area contributed by atoms with E-state index in [1.165, 1.54) is 28.7 Å². The van der Waals surface area contributed by atoms with Gasteiger partial charge in [0.15, 0.2) is 11.4 Å². The monoisotopic (exact) mass is 888 g/mol. The molecule has 8 rings (SSSR count). The van der Waals surface area contributed by atoms with E-state index in [1.54, 1.807) is 6.07 Å². The number of hydrogen-bond donors (Lipinski definition) is 4. The van der Waals surface area contributed by atoms with Gasteiger partial charge < -0.3 is 49.6 Å². The minimum atomic E-state index is -1.53. The number of amides is 3. The second kappa shape index (κ2) is 18.2. The molecule has 3 saturated carbocycles. The molecule has 4 heterocycles. The standard InChI is InChI=1S/C46H60N6O10S/c1-7-28-22-46(28,42(55)56)51-40(53)36-20-31(23-52(36)41(54)39(45(4,5)6)50-44(57)62-30-17-26-16-27(26)18-30)61-37-21-34(35-24-63-43(49-35)47-25(2)3)48-33-19-29(11-12-32(33)37)58-14-15-60-38-10-8-9-13-59-38/h7,11-12,19,21,24-28,30-31,36,38-39H,1,8-10,13-18,20,22-23H2,2-6H3,(H,47,49)(H,50,57)(H,51,53)(H,55,56)/t26-,27+,28-,30+,31-,36+,38?,39?,46-/m1/s1. The van der Waals surface area contributed by atoms with Gasteiger partial charge in [0.2, 0.25) is 11.8 Å². The molecule has 2 saturated heterocycles. The van der Waals surface area contributed by atoms with Crippen molar-refractivity contribution in [1.29, 1.82) is 0 Å². The van der Waals surface area contributed by atoms with Gasteiger partial charge in [0.25, 0.3) is 0 Å². The van der Waals surface area contributed by atoms with E-state index >= 15 is 0 Å². The number of rotatable bonds is 17. The molecule has 1 aromatic carbocycles. The van der Waals surface area contributed by atoms with E-state index in [4.69, 9.17) is 33.7 Å². The van der Waals surface area contributed by atoms with Gasteiger partial charge in [-0.05, 0) is 88.2 Å². The van der Waals surface area contributed by atoms with Crippen molar-refractivity contribution in [3.05, 3.63) is 42.3 Å². The molecule has 2 unspecified atom stereocenters. The largest absolute Gasteiger partial charge is 0.491 e. The number of carboxylic acid groups (broad SMARTS) is 1. The number of nitrogens with zero attached hydrogens (tertiary/aromatic N) is 3. The number of carbonyl (C=O) groups excluding carboxylic acids is 3. The minimum Gasteiger partial charge on any atom is -0.491 e. The van der Waals surface area contributed by atoms with Gasteiger partial charge in [-0.3, -0.25) is 9.59 Å². The molecule has 4 N–H and O–H groups in total. The molecule has 3 amide bonds. The fourth-order valence-electron chi connectivity index (χ4n) is 9.13. The molecule has 9 atom stereocenters. The van der Waals surface area contributed by atoms with E-state index < -0.39 is 58.9 Å². The summed E-state index contributed by atoms with van der Waals surface area (Å²) in [6, 6.07) is 5.29. The number of likely N-dealkylation sites (tertiary alicyclic amines) is 1. The quantitative estimate of drug-likeness (QED) is 0.0843. The van der Waals surface area contributed by atoms with Crippen LogP contribution in [0.1, 0.15) is 86.0 Å². The normalized spacial score (nSPS) is 27.9. The minimum absolute atomic E-state index is 0.0264. The zero-order valence-corrected chi connectivity index (χ0v) is 37.5. The third kappa shape index (κ3) is 10.2. The van der Waals surface area contributed by atoms with Crippen molar-refractivity contribution in [1.82, 2.24) is 25.5 Å². The molecule has 5 aliphatic rings. The Morgan fingerprint density at radius 1 is 1.05 bits per heavy atom. The second-order valence-electron chi connectivity index (χ2n) is 19.0. The number of anilines is 1. The summed E-state index contributed by atoms with van der Waals surface area (Å²) in [5.41, 5.74) is -0.566. The molecule has 17 heteroatoms. The number of alkyl carbamates (subject to hydrolysis) is 1.